The summed E-state index contributed by atoms with van der Waals surface area (Å²) < 4.78 is 41.5. The van der Waals surface area contributed by atoms with Gasteiger partial charge in [-0.05, 0) is 59.9 Å². The zero-order valence-electron chi connectivity index (χ0n) is 28.4. The minimum Gasteiger partial charge on any atom is -0.497 e. The Hall–Kier alpha value is -5.13. The number of carbonyl (C=O) groups excluding carboxylic acids is 1. The van der Waals surface area contributed by atoms with Gasteiger partial charge in [-0.3, -0.25) is 4.90 Å². The van der Waals surface area contributed by atoms with Gasteiger partial charge < -0.3 is 14.5 Å². The van der Waals surface area contributed by atoms with E-state index in [4.69, 9.17) is 14.1 Å². The number of aromatic nitrogens is 2. The van der Waals surface area contributed by atoms with Crippen LogP contribution < -0.4 is 19.9 Å². The molecule has 4 aromatic carbocycles. The number of hydrogen-bond donors (Lipinski definition) is 1. The molecule has 1 atom stereocenters. The highest BCUT2D eigenvalue weighted by atomic mass is 28.2. The van der Waals surface area contributed by atoms with E-state index in [0.717, 1.165) is 11.1 Å². The number of amides is 2. The van der Waals surface area contributed by atoms with Gasteiger partial charge in [-0.25, -0.2) is 23.5 Å². The number of rotatable bonds is 9. The number of carbonyl (C=O) groups is 1. The number of ether oxygens (including phenoxy) is 1. The molecule has 11 heteroatoms. The van der Waals surface area contributed by atoms with Crippen molar-refractivity contribution in [3.8, 4) is 5.75 Å². The predicted molar refractivity (Wildman–Crippen MR) is 191 cm³/mol. The molecule has 2 heterocycles. The van der Waals surface area contributed by atoms with Crippen molar-refractivity contribution in [1.82, 2.24) is 9.97 Å². The second-order valence-corrected chi connectivity index (χ2v) is 13.5. The quantitative estimate of drug-likeness (QED) is 0.163. The van der Waals surface area contributed by atoms with Gasteiger partial charge in [-0.2, -0.15) is 4.98 Å². The van der Waals surface area contributed by atoms with Gasteiger partial charge >= 0.3 is 6.03 Å². The van der Waals surface area contributed by atoms with Crippen LogP contribution in [0.25, 0.3) is 0 Å². The molecule has 2 amide bonds. The Morgan fingerprint density at radius 3 is 2.00 bits per heavy atom. The summed E-state index contributed by atoms with van der Waals surface area (Å²) in [5, 5.41) is 3.14. The van der Waals surface area contributed by atoms with Gasteiger partial charge in [0, 0.05) is 23.5 Å². The highest BCUT2D eigenvalue weighted by molar-refractivity contribution is 6.08. The minimum atomic E-state index is -1.44. The molecule has 0 unspecified atom stereocenters. The Labute approximate surface area is 288 Å². The maximum atomic E-state index is 15.8. The fraction of sp³-hybridized carbons (Fsp3) is 0.237. The van der Waals surface area contributed by atoms with E-state index < -0.39 is 28.4 Å². The second-order valence-electron chi connectivity index (χ2n) is 13.1. The SMILES string of the molecule is COc1ccc(N2Cc3cnc(Nc4ccc(F)cc4)nc3N([C@@](C)(O[SiH3])C(c3ccccc3)(c3ccccc3)C(C)(C)C)C2=O)c(F)c1. The van der Waals surface area contributed by atoms with Crippen molar-refractivity contribution in [2.45, 2.75) is 45.4 Å². The van der Waals surface area contributed by atoms with E-state index in [1.807, 2.05) is 43.3 Å². The maximum Gasteiger partial charge on any atom is 0.332 e. The summed E-state index contributed by atoms with van der Waals surface area (Å²) in [4.78, 5) is 27.6. The van der Waals surface area contributed by atoms with Gasteiger partial charge in [-0.1, -0.05) is 81.4 Å². The topological polar surface area (TPSA) is 79.8 Å². The summed E-state index contributed by atoms with van der Waals surface area (Å²) in [5.41, 5.74) is 0.0473. The summed E-state index contributed by atoms with van der Waals surface area (Å²) in [6.45, 7) is 8.30. The molecule has 1 aromatic heterocycles. The molecule has 8 nitrogen and oxygen atoms in total. The summed E-state index contributed by atoms with van der Waals surface area (Å²) in [5.74, 6) is -0.152. The van der Waals surface area contributed by atoms with E-state index in [-0.39, 0.29) is 34.5 Å². The maximum absolute atomic E-state index is 15.8. The van der Waals surface area contributed by atoms with Crippen molar-refractivity contribution >= 4 is 39.7 Å². The summed E-state index contributed by atoms with van der Waals surface area (Å²) >= 11 is 0. The largest absolute Gasteiger partial charge is 0.497 e. The van der Waals surface area contributed by atoms with Gasteiger partial charge in [0.05, 0.1) is 24.8 Å². The Balaban J connectivity index is 1.64. The standard InChI is InChI=1S/C38H39F2N5O3Si/c1-36(2,3)38(26-12-8-6-9-13-26,27-14-10-7-11-15-27)37(4,48-49)45-33-25(23-41-34(43-33)42-29-18-16-28(39)17-19-29)24-44(35(45)46)32-21-20-30(47-5)22-31(32)40/h6-23H,24H2,1-5,49H3,(H,41,42,43)/t37-/m0/s1. The van der Waals surface area contributed by atoms with E-state index in [1.54, 1.807) is 29.3 Å². The van der Waals surface area contributed by atoms with Crippen LogP contribution in [0.2, 0.25) is 0 Å². The smallest absolute Gasteiger partial charge is 0.332 e. The fourth-order valence-electron chi connectivity index (χ4n) is 7.33. The highest BCUT2D eigenvalue weighted by Crippen LogP contribution is 2.57. The van der Waals surface area contributed by atoms with Gasteiger partial charge in [0.25, 0.3) is 0 Å². The number of methoxy groups -OCH3 is 1. The van der Waals surface area contributed by atoms with Crippen molar-refractivity contribution in [1.29, 1.82) is 0 Å². The molecule has 6 rings (SSSR count). The number of urea groups is 1. The molecule has 0 spiro atoms. The number of benzene rings is 4. The van der Waals surface area contributed by atoms with Crippen molar-refractivity contribution in [3.05, 3.63) is 138 Å². The molecule has 5 aromatic rings. The Morgan fingerprint density at radius 1 is 0.857 bits per heavy atom. The first-order chi connectivity index (χ1) is 23.4. The van der Waals surface area contributed by atoms with Crippen LogP contribution in [0.5, 0.6) is 5.75 Å². The molecule has 0 saturated heterocycles. The Bertz CT molecular complexity index is 1920. The lowest BCUT2D eigenvalue weighted by molar-refractivity contribution is -0.0243. The highest BCUT2D eigenvalue weighted by Gasteiger charge is 2.63. The van der Waals surface area contributed by atoms with Gasteiger partial charge in [0.1, 0.15) is 27.9 Å². The lowest BCUT2D eigenvalue weighted by Gasteiger charge is -2.60. The molecule has 49 heavy (non-hydrogen) atoms. The molecule has 252 valence electrons. The number of anilines is 4. The predicted octanol–water partition coefficient (Wildman–Crippen LogP) is 7.50. The average Bonchev–Trinajstić information content (AvgIpc) is 3.09. The molecule has 0 saturated carbocycles. The molecule has 1 N–H and O–H groups in total. The molecule has 0 bridgehead atoms. The lowest BCUT2D eigenvalue weighted by Crippen LogP contribution is -2.71. The van der Waals surface area contributed by atoms with E-state index in [1.165, 1.54) is 36.3 Å². The van der Waals surface area contributed by atoms with Crippen LogP contribution in [0.3, 0.4) is 0 Å². The van der Waals surface area contributed by atoms with Crippen LogP contribution in [-0.4, -0.2) is 39.3 Å². The first kappa shape index (κ1) is 33.8. The zero-order chi connectivity index (χ0) is 35.0. The first-order valence-electron chi connectivity index (χ1n) is 15.9. The Morgan fingerprint density at radius 2 is 1.47 bits per heavy atom. The van der Waals surface area contributed by atoms with Crippen molar-refractivity contribution in [2.75, 3.05) is 22.2 Å². The summed E-state index contributed by atoms with van der Waals surface area (Å²) in [6.07, 6.45) is 1.62. The molecule has 0 aliphatic carbocycles. The third-order valence-electron chi connectivity index (χ3n) is 9.41. The van der Waals surface area contributed by atoms with Crippen LogP contribution in [0.4, 0.5) is 36.7 Å². The number of fused-ring (bicyclic) bond motifs is 1. The third-order valence-corrected chi connectivity index (χ3v) is 10.2. The van der Waals surface area contributed by atoms with Crippen molar-refractivity contribution in [3.63, 3.8) is 0 Å². The first-order valence-corrected chi connectivity index (χ1v) is 16.8. The molecular formula is C38H39F2N5O3Si. The monoisotopic (exact) mass is 679 g/mol. The van der Waals surface area contributed by atoms with E-state index in [0.29, 0.717) is 22.8 Å². The molecule has 0 fully saturated rings. The van der Waals surface area contributed by atoms with Crippen LogP contribution in [-0.2, 0) is 16.4 Å². The van der Waals surface area contributed by atoms with E-state index >= 15 is 9.18 Å². The lowest BCUT2D eigenvalue weighted by atomic mass is 9.53. The summed E-state index contributed by atoms with van der Waals surface area (Å²) in [6, 6.07) is 29.7. The summed E-state index contributed by atoms with van der Waals surface area (Å²) in [7, 11) is 1.68. The van der Waals surface area contributed by atoms with Gasteiger partial charge in [0.15, 0.2) is 11.5 Å². The van der Waals surface area contributed by atoms with Crippen LogP contribution >= 0.6 is 0 Å². The van der Waals surface area contributed by atoms with Crippen LogP contribution in [0, 0.1) is 17.0 Å². The molecule has 1 aliphatic heterocycles. The van der Waals surface area contributed by atoms with Gasteiger partial charge in [0.2, 0.25) is 5.95 Å². The Kier molecular flexibility index (Phi) is 8.99. The number of nitrogens with zero attached hydrogens (tertiary/aromatic N) is 4. The van der Waals surface area contributed by atoms with Gasteiger partial charge in [-0.15, -0.1) is 0 Å². The van der Waals surface area contributed by atoms with Crippen LogP contribution in [0.15, 0.2) is 109 Å². The second kappa shape index (κ2) is 13.1. The number of nitrogens with one attached hydrogen (secondary N) is 1. The molecular weight excluding hydrogens is 641 g/mol. The average molecular weight is 680 g/mol. The number of hydrogen-bond acceptors (Lipinski definition) is 6. The normalized spacial score (nSPS) is 14.7. The molecule has 1 aliphatic rings. The van der Waals surface area contributed by atoms with Crippen molar-refractivity contribution < 1.29 is 22.7 Å². The van der Waals surface area contributed by atoms with Crippen molar-refractivity contribution in [2.24, 2.45) is 5.41 Å². The fourth-order valence-corrected chi connectivity index (χ4v) is 7.82. The van der Waals surface area contributed by atoms with E-state index in [2.05, 4.69) is 55.3 Å². The van der Waals surface area contributed by atoms with E-state index in [9.17, 15) is 4.39 Å². The van der Waals surface area contributed by atoms with Crippen LogP contribution in [0.1, 0.15) is 44.4 Å². The number of halogens is 2. The zero-order valence-corrected chi connectivity index (χ0v) is 30.4. The minimum absolute atomic E-state index is 0.00115. The third kappa shape index (κ3) is 5.72. The molecule has 0 radical (unpaired) electrons.